The van der Waals surface area contributed by atoms with E-state index in [-0.39, 0.29) is 0 Å². The van der Waals surface area contributed by atoms with Gasteiger partial charge in [-0.05, 0) is 31.0 Å². The van der Waals surface area contributed by atoms with Crippen molar-refractivity contribution in [2.45, 2.75) is 13.8 Å². The third kappa shape index (κ3) is 2.34. The van der Waals surface area contributed by atoms with E-state index in [1.165, 1.54) is 0 Å². The minimum atomic E-state index is -0.824. The van der Waals surface area contributed by atoms with E-state index < -0.39 is 12.1 Å². The van der Waals surface area contributed by atoms with Gasteiger partial charge in [0, 0.05) is 0 Å². The number of hydrogen-bond donors (Lipinski definition) is 4. The fourth-order valence-electron chi connectivity index (χ4n) is 1.69. The fourth-order valence-corrected chi connectivity index (χ4v) is 1.69. The number of hydrazine groups is 2. The molecule has 1 aromatic carbocycles. The normalized spacial score (nSPS) is 10.0. The van der Waals surface area contributed by atoms with Crippen molar-refractivity contribution in [3.05, 3.63) is 23.3 Å². The van der Waals surface area contributed by atoms with Crippen molar-refractivity contribution in [1.29, 1.82) is 0 Å². The van der Waals surface area contributed by atoms with Gasteiger partial charge in [0.2, 0.25) is 0 Å². The number of nitrogens with two attached hydrogens (primary N) is 4. The van der Waals surface area contributed by atoms with Gasteiger partial charge in [0.25, 0.3) is 0 Å². The van der Waals surface area contributed by atoms with E-state index in [9.17, 15) is 9.59 Å². The van der Waals surface area contributed by atoms with Crippen LogP contribution in [0.1, 0.15) is 11.1 Å². The van der Waals surface area contributed by atoms with Gasteiger partial charge in [0.15, 0.2) is 0 Å². The molecule has 4 amide bonds. The summed E-state index contributed by atoms with van der Waals surface area (Å²) in [5, 5.41) is 1.57. The Morgan fingerprint density at radius 3 is 1.94 bits per heavy atom. The lowest BCUT2D eigenvalue weighted by Crippen LogP contribution is -2.44. The minimum absolute atomic E-state index is 0.347. The fraction of sp³-hybridized carbons (Fsp3) is 0.200. The largest absolute Gasteiger partial charge is 0.350 e. The van der Waals surface area contributed by atoms with Crippen molar-refractivity contribution in [3.8, 4) is 0 Å². The highest BCUT2D eigenvalue weighted by molar-refractivity contribution is 5.95. The molecular weight excluding hydrogens is 236 g/mol. The summed E-state index contributed by atoms with van der Waals surface area (Å²) in [6.07, 6.45) is 0. The Bertz CT molecular complexity index is 501. The molecule has 8 heteroatoms. The van der Waals surface area contributed by atoms with Crippen LogP contribution in [0.25, 0.3) is 0 Å². The highest BCUT2D eigenvalue weighted by atomic mass is 16.2. The maximum Gasteiger partial charge on any atom is 0.333 e. The van der Waals surface area contributed by atoms with E-state index in [1.54, 1.807) is 26.0 Å². The Morgan fingerprint density at radius 1 is 1.00 bits per heavy atom. The third-order valence-corrected chi connectivity index (χ3v) is 2.58. The maximum atomic E-state index is 11.1. The molecule has 0 spiro atoms. The summed E-state index contributed by atoms with van der Waals surface area (Å²) < 4.78 is 0. The number of aryl methyl sites for hydroxylation is 1. The molecule has 0 radical (unpaired) electrons. The van der Waals surface area contributed by atoms with Crippen LogP contribution in [-0.4, -0.2) is 12.1 Å². The molecule has 0 fully saturated rings. The molecule has 0 bridgehead atoms. The maximum absolute atomic E-state index is 11.1. The molecule has 18 heavy (non-hydrogen) atoms. The Balaban J connectivity index is 3.40. The number of amides is 4. The number of carbonyl (C=O) groups excluding carboxylic acids is 2. The lowest BCUT2D eigenvalue weighted by molar-refractivity contribution is 0.253. The second-order valence-corrected chi connectivity index (χ2v) is 3.79. The molecule has 8 nitrogen and oxygen atoms in total. The van der Waals surface area contributed by atoms with Crippen LogP contribution >= 0.6 is 0 Å². The number of anilines is 2. The van der Waals surface area contributed by atoms with E-state index in [0.29, 0.717) is 16.9 Å². The smallest absolute Gasteiger partial charge is 0.333 e. The first-order valence-corrected chi connectivity index (χ1v) is 5.06. The lowest BCUT2D eigenvalue weighted by Gasteiger charge is -2.23. The van der Waals surface area contributed by atoms with Crippen LogP contribution in [0.15, 0.2) is 12.1 Å². The van der Waals surface area contributed by atoms with Crippen molar-refractivity contribution >= 4 is 23.4 Å². The number of hydrogen-bond acceptors (Lipinski definition) is 4. The molecule has 1 aromatic rings. The molecule has 0 saturated heterocycles. The number of benzene rings is 1. The first-order valence-electron chi connectivity index (χ1n) is 5.06. The van der Waals surface area contributed by atoms with Gasteiger partial charge in [-0.15, -0.1) is 0 Å². The highest BCUT2D eigenvalue weighted by Gasteiger charge is 2.19. The molecular formula is C10H16N6O2. The lowest BCUT2D eigenvalue weighted by atomic mass is 10.1. The quantitative estimate of drug-likeness (QED) is 0.328. The van der Waals surface area contributed by atoms with E-state index in [2.05, 4.69) is 0 Å². The minimum Gasteiger partial charge on any atom is -0.350 e. The third-order valence-electron chi connectivity index (χ3n) is 2.58. The van der Waals surface area contributed by atoms with Crippen molar-refractivity contribution in [3.63, 3.8) is 0 Å². The molecule has 0 aromatic heterocycles. The van der Waals surface area contributed by atoms with Gasteiger partial charge in [-0.2, -0.15) is 0 Å². The van der Waals surface area contributed by atoms with Gasteiger partial charge in [-0.25, -0.2) is 31.3 Å². The number of carbonyl (C=O) groups is 2. The van der Waals surface area contributed by atoms with Crippen LogP contribution in [-0.2, 0) is 0 Å². The Kier molecular flexibility index (Phi) is 3.74. The zero-order valence-electron chi connectivity index (χ0n) is 10.2. The summed E-state index contributed by atoms with van der Waals surface area (Å²) in [6.45, 7) is 3.41. The SMILES string of the molecule is Cc1ccc(N(N)C(N)=O)c(C)c1N(N)C(N)=O. The Hall–Kier alpha value is -2.32. The molecule has 0 aliphatic carbocycles. The van der Waals surface area contributed by atoms with Gasteiger partial charge in [0.1, 0.15) is 0 Å². The summed E-state index contributed by atoms with van der Waals surface area (Å²) in [5.74, 6) is 11.1. The van der Waals surface area contributed by atoms with Crippen molar-refractivity contribution in [2.24, 2.45) is 23.2 Å². The highest BCUT2D eigenvalue weighted by Crippen LogP contribution is 2.30. The zero-order chi connectivity index (χ0) is 14.0. The molecule has 8 N–H and O–H groups in total. The Labute approximate surface area is 104 Å². The van der Waals surface area contributed by atoms with Crippen molar-refractivity contribution in [2.75, 3.05) is 10.0 Å². The number of nitrogens with zero attached hydrogens (tertiary/aromatic N) is 2. The molecule has 0 aliphatic rings. The van der Waals surface area contributed by atoms with Crippen LogP contribution in [0.4, 0.5) is 21.0 Å². The van der Waals surface area contributed by atoms with Crippen LogP contribution in [0, 0.1) is 13.8 Å². The predicted molar refractivity (Wildman–Crippen MR) is 68.4 cm³/mol. The number of rotatable bonds is 2. The second-order valence-electron chi connectivity index (χ2n) is 3.79. The Morgan fingerprint density at radius 2 is 1.50 bits per heavy atom. The summed E-state index contributed by atoms with van der Waals surface area (Å²) in [5.41, 5.74) is 12.2. The van der Waals surface area contributed by atoms with E-state index in [0.717, 1.165) is 15.6 Å². The molecule has 98 valence electrons. The van der Waals surface area contributed by atoms with Gasteiger partial charge >= 0.3 is 12.1 Å². The number of primary amides is 2. The van der Waals surface area contributed by atoms with Gasteiger partial charge in [-0.3, -0.25) is 0 Å². The summed E-state index contributed by atoms with van der Waals surface area (Å²) in [7, 11) is 0. The van der Waals surface area contributed by atoms with Crippen molar-refractivity contribution < 1.29 is 9.59 Å². The first-order chi connectivity index (χ1) is 8.27. The van der Waals surface area contributed by atoms with E-state index in [4.69, 9.17) is 23.2 Å². The van der Waals surface area contributed by atoms with Crippen molar-refractivity contribution in [1.82, 2.24) is 0 Å². The zero-order valence-corrected chi connectivity index (χ0v) is 10.2. The molecule has 0 atom stereocenters. The van der Waals surface area contributed by atoms with Gasteiger partial charge < -0.3 is 11.5 Å². The first kappa shape index (κ1) is 13.7. The van der Waals surface area contributed by atoms with Gasteiger partial charge in [0.05, 0.1) is 11.4 Å². The summed E-state index contributed by atoms with van der Waals surface area (Å²) >= 11 is 0. The van der Waals surface area contributed by atoms with E-state index >= 15 is 0 Å². The predicted octanol–water partition coefficient (Wildman–Crippen LogP) is -0.179. The molecule has 0 saturated carbocycles. The van der Waals surface area contributed by atoms with Crippen LogP contribution in [0.5, 0.6) is 0 Å². The standard InChI is InChI=1S/C10H16N6O2/c1-5-3-4-7(15(13)9(11)17)6(2)8(5)16(14)10(12)18/h3-4H,13-14H2,1-2H3,(H2,11,17)(H2,12,18). The molecule has 0 aliphatic heterocycles. The molecule has 1 rings (SSSR count). The van der Waals surface area contributed by atoms with E-state index in [1.807, 2.05) is 0 Å². The monoisotopic (exact) mass is 252 g/mol. The summed E-state index contributed by atoms with van der Waals surface area (Å²) in [4.78, 5) is 22.1. The van der Waals surface area contributed by atoms with Crippen LogP contribution in [0.2, 0.25) is 0 Å². The van der Waals surface area contributed by atoms with Crippen LogP contribution < -0.4 is 33.2 Å². The van der Waals surface area contributed by atoms with Crippen LogP contribution in [0.3, 0.4) is 0 Å². The van der Waals surface area contributed by atoms with Gasteiger partial charge in [-0.1, -0.05) is 6.07 Å². The topological polar surface area (TPSA) is 145 Å². The number of urea groups is 2. The second kappa shape index (κ2) is 4.90. The molecule has 0 unspecified atom stereocenters. The molecule has 0 heterocycles. The average molecular weight is 252 g/mol. The average Bonchev–Trinajstić information content (AvgIpc) is 2.27. The summed E-state index contributed by atoms with van der Waals surface area (Å²) in [6, 6.07) is 1.62.